The number of carbonyl (C=O) groups excluding carboxylic acids is 2. The maximum atomic E-state index is 13.9. The van der Waals surface area contributed by atoms with Crippen LogP contribution in [0.25, 0.3) is 11.1 Å². The molecule has 1 heterocycles. The van der Waals surface area contributed by atoms with E-state index in [-0.39, 0.29) is 24.5 Å². The fourth-order valence-electron chi connectivity index (χ4n) is 7.75. The highest BCUT2D eigenvalue weighted by Gasteiger charge is 2.57. The number of amides is 2. The van der Waals surface area contributed by atoms with Crippen LogP contribution in [0.3, 0.4) is 0 Å². The van der Waals surface area contributed by atoms with Crippen molar-refractivity contribution in [3.63, 3.8) is 0 Å². The number of likely N-dealkylation sites (N-methyl/N-ethyl adjacent to an activating group) is 1. The molecule has 1 aliphatic heterocycles. The molecule has 9 heteroatoms. The summed E-state index contributed by atoms with van der Waals surface area (Å²) in [6, 6.07) is 15.1. The van der Waals surface area contributed by atoms with Crippen LogP contribution >= 0.6 is 0 Å². The second-order valence-corrected chi connectivity index (χ2v) is 13.8. The van der Waals surface area contributed by atoms with Gasteiger partial charge in [0.25, 0.3) is 0 Å². The van der Waals surface area contributed by atoms with Gasteiger partial charge in [-0.25, -0.2) is 0 Å². The van der Waals surface area contributed by atoms with Crippen LogP contribution in [0, 0.1) is 29.1 Å². The summed E-state index contributed by atoms with van der Waals surface area (Å²) in [5.74, 6) is 0.797. The summed E-state index contributed by atoms with van der Waals surface area (Å²) in [5.41, 5.74) is 3.98. The molecule has 2 bridgehead atoms. The summed E-state index contributed by atoms with van der Waals surface area (Å²) in [6.07, 6.45) is 0.682. The van der Waals surface area contributed by atoms with E-state index < -0.39 is 24.2 Å². The van der Waals surface area contributed by atoms with E-state index in [0.29, 0.717) is 36.3 Å². The normalized spacial score (nSPS) is 30.5. The van der Waals surface area contributed by atoms with Gasteiger partial charge in [0, 0.05) is 17.6 Å². The highest BCUT2D eigenvalue weighted by molar-refractivity contribution is 5.92. The zero-order valence-corrected chi connectivity index (χ0v) is 26.3. The van der Waals surface area contributed by atoms with Gasteiger partial charge in [-0.1, -0.05) is 51.1 Å². The van der Waals surface area contributed by atoms with Gasteiger partial charge in [-0.05, 0) is 91.9 Å². The number of hydrogen-bond donors (Lipinski definition) is 4. The van der Waals surface area contributed by atoms with Gasteiger partial charge in [-0.2, -0.15) is 5.06 Å². The average molecular weight is 593 g/mol. The van der Waals surface area contributed by atoms with Crippen molar-refractivity contribution in [1.82, 2.24) is 15.3 Å². The van der Waals surface area contributed by atoms with E-state index in [4.69, 9.17) is 4.84 Å². The third-order valence-corrected chi connectivity index (χ3v) is 10.3. The molecule has 3 saturated carbocycles. The summed E-state index contributed by atoms with van der Waals surface area (Å²) in [5, 5.41) is 28.7. The van der Waals surface area contributed by atoms with Crippen LogP contribution in [0.1, 0.15) is 46.1 Å². The molecule has 0 spiro atoms. The molecule has 4 N–H and O–H groups in total. The SMILES string of the molecule is CC1[C@@H](NC(=O)[C@@H]2[C@H]([C@H](C)O)C(CO)ON2Cc2cccc(-c3ccc(NC(=O)CN(C)C)cc3)c2)C[C@@H]2C[C@H]1C2(C)C. The molecule has 43 heavy (non-hydrogen) atoms. The zero-order chi connectivity index (χ0) is 31.1. The molecule has 2 amide bonds. The van der Waals surface area contributed by atoms with Crippen molar-refractivity contribution in [2.45, 2.75) is 71.4 Å². The van der Waals surface area contributed by atoms with E-state index in [1.165, 1.54) is 6.42 Å². The number of nitrogens with one attached hydrogen (secondary N) is 2. The molecular formula is C34H48N4O5. The second-order valence-electron chi connectivity index (χ2n) is 13.8. The number of hydrogen-bond acceptors (Lipinski definition) is 7. The van der Waals surface area contributed by atoms with Gasteiger partial charge in [0.2, 0.25) is 11.8 Å². The topological polar surface area (TPSA) is 114 Å². The van der Waals surface area contributed by atoms with Crippen LogP contribution < -0.4 is 10.6 Å². The minimum absolute atomic E-state index is 0.0702. The summed E-state index contributed by atoms with van der Waals surface area (Å²) < 4.78 is 0. The Hall–Kier alpha value is -2.82. The Labute approximate surface area is 255 Å². The Morgan fingerprint density at radius 2 is 1.84 bits per heavy atom. The smallest absolute Gasteiger partial charge is 0.240 e. The lowest BCUT2D eigenvalue weighted by molar-refractivity contribution is -0.183. The minimum atomic E-state index is -0.836. The van der Waals surface area contributed by atoms with Crippen LogP contribution in [0.4, 0.5) is 5.69 Å². The molecule has 9 nitrogen and oxygen atoms in total. The number of fused-ring (bicyclic) bond motifs is 2. The predicted octanol–water partition coefficient (Wildman–Crippen LogP) is 3.51. The average Bonchev–Trinajstić information content (AvgIpc) is 3.32. The Balaban J connectivity index is 1.31. The van der Waals surface area contributed by atoms with Crippen molar-refractivity contribution in [2.24, 2.45) is 29.1 Å². The minimum Gasteiger partial charge on any atom is -0.394 e. The van der Waals surface area contributed by atoms with Crippen LogP contribution in [-0.4, -0.2) is 83.5 Å². The quantitative estimate of drug-likeness (QED) is 0.334. The van der Waals surface area contributed by atoms with Crippen LogP contribution in [0.5, 0.6) is 0 Å². The van der Waals surface area contributed by atoms with E-state index in [9.17, 15) is 19.8 Å². The van der Waals surface area contributed by atoms with Gasteiger partial charge in [-0.15, -0.1) is 0 Å². The summed E-state index contributed by atoms with van der Waals surface area (Å²) in [6.45, 7) is 8.94. The monoisotopic (exact) mass is 592 g/mol. The maximum absolute atomic E-state index is 13.9. The van der Waals surface area contributed by atoms with Crippen molar-refractivity contribution in [2.75, 3.05) is 32.6 Å². The van der Waals surface area contributed by atoms with Gasteiger partial charge >= 0.3 is 0 Å². The Kier molecular flexibility index (Phi) is 9.30. The molecule has 0 aromatic heterocycles. The first-order valence-corrected chi connectivity index (χ1v) is 15.6. The number of aliphatic hydroxyl groups excluding tert-OH is 2. The maximum Gasteiger partial charge on any atom is 0.240 e. The van der Waals surface area contributed by atoms with E-state index >= 15 is 0 Å². The second kappa shape index (κ2) is 12.7. The molecule has 1 saturated heterocycles. The van der Waals surface area contributed by atoms with Crippen molar-refractivity contribution >= 4 is 17.5 Å². The molecule has 2 unspecified atom stereocenters. The Bertz CT molecular complexity index is 1300. The summed E-state index contributed by atoms with van der Waals surface area (Å²) in [7, 11) is 3.71. The fourth-order valence-corrected chi connectivity index (χ4v) is 7.75. The molecule has 2 aromatic carbocycles. The standard InChI is InChI=1S/C34H48N4O5/c1-20-27-15-25(34(27,3)4)16-28(20)36-33(42)32-31(21(2)40)29(19-39)43-38(32)17-22-8-7-9-24(14-22)23-10-12-26(13-11-23)35-30(41)18-37(5)6/h7-14,20-21,25,27-29,31-32,39-40H,15-19H2,1-6H3,(H,35,41)(H,36,42)/t20?,21-,25-,27+,28-,29?,31+,32-/m0/s1. The summed E-state index contributed by atoms with van der Waals surface area (Å²) >= 11 is 0. The van der Waals surface area contributed by atoms with Crippen molar-refractivity contribution in [3.8, 4) is 11.1 Å². The number of nitrogens with zero attached hydrogens (tertiary/aromatic N) is 2. The zero-order valence-electron chi connectivity index (χ0n) is 26.3. The molecule has 8 atom stereocenters. The molecule has 0 radical (unpaired) electrons. The number of benzene rings is 2. The first-order valence-electron chi connectivity index (χ1n) is 15.6. The largest absolute Gasteiger partial charge is 0.394 e. The van der Waals surface area contributed by atoms with Gasteiger partial charge in [0.05, 0.1) is 25.8 Å². The van der Waals surface area contributed by atoms with E-state index in [0.717, 1.165) is 28.8 Å². The van der Waals surface area contributed by atoms with Crippen LogP contribution in [0.2, 0.25) is 0 Å². The lowest BCUT2D eigenvalue weighted by Gasteiger charge is -2.62. The highest BCUT2D eigenvalue weighted by Crippen LogP contribution is 2.61. The van der Waals surface area contributed by atoms with Crippen LogP contribution in [0.15, 0.2) is 48.5 Å². The molecule has 2 aromatic rings. The molecule has 3 aliphatic carbocycles. The van der Waals surface area contributed by atoms with E-state index in [2.05, 4.69) is 37.5 Å². The molecule has 234 valence electrons. The third-order valence-electron chi connectivity index (χ3n) is 10.3. The Morgan fingerprint density at radius 1 is 1.12 bits per heavy atom. The molecule has 6 rings (SSSR count). The molecule has 4 fully saturated rings. The first kappa shape index (κ1) is 31.6. The lowest BCUT2D eigenvalue weighted by Crippen LogP contribution is -2.62. The van der Waals surface area contributed by atoms with Gasteiger partial charge in [0.1, 0.15) is 12.1 Å². The third kappa shape index (κ3) is 6.51. The fraction of sp³-hybridized carbons (Fsp3) is 0.588. The lowest BCUT2D eigenvalue weighted by atomic mass is 9.45. The Morgan fingerprint density at radius 3 is 2.44 bits per heavy atom. The van der Waals surface area contributed by atoms with E-state index in [1.807, 2.05) is 61.5 Å². The number of carbonyl (C=O) groups is 2. The number of aliphatic hydroxyl groups is 2. The van der Waals surface area contributed by atoms with Crippen LogP contribution in [-0.2, 0) is 21.0 Å². The van der Waals surface area contributed by atoms with Crippen molar-refractivity contribution in [3.05, 3.63) is 54.1 Å². The van der Waals surface area contributed by atoms with E-state index in [1.54, 1.807) is 12.0 Å². The van der Waals surface area contributed by atoms with Crippen molar-refractivity contribution < 1.29 is 24.6 Å². The number of hydroxylamine groups is 2. The summed E-state index contributed by atoms with van der Waals surface area (Å²) in [4.78, 5) is 34.0. The van der Waals surface area contributed by atoms with Gasteiger partial charge in [0.15, 0.2) is 0 Å². The molecular weight excluding hydrogens is 544 g/mol. The number of rotatable bonds is 10. The molecule has 4 aliphatic rings. The number of anilines is 1. The highest BCUT2D eigenvalue weighted by atomic mass is 16.7. The van der Waals surface area contributed by atoms with Gasteiger partial charge in [-0.3, -0.25) is 14.4 Å². The predicted molar refractivity (Wildman–Crippen MR) is 167 cm³/mol. The van der Waals surface area contributed by atoms with Crippen molar-refractivity contribution in [1.29, 1.82) is 0 Å². The first-order chi connectivity index (χ1) is 20.4. The van der Waals surface area contributed by atoms with Gasteiger partial charge < -0.3 is 25.7 Å².